The number of carbonyl (C=O) groups excluding carboxylic acids is 2. The number of aliphatic carboxylic acids is 1. The van der Waals surface area contributed by atoms with Gasteiger partial charge in [-0.15, -0.1) is 0 Å². The Bertz CT molecular complexity index is 656. The van der Waals surface area contributed by atoms with Crippen molar-refractivity contribution in [1.82, 2.24) is 4.90 Å². The number of ether oxygens (including phenoxy) is 1. The van der Waals surface area contributed by atoms with E-state index in [9.17, 15) is 14.4 Å². The quantitative estimate of drug-likeness (QED) is 0.771. The largest absolute Gasteiger partial charge is 0.481 e. The van der Waals surface area contributed by atoms with Crippen LogP contribution in [0.1, 0.15) is 25.3 Å². The number of unbranched alkanes of at least 4 members (excludes halogenated alkanes) is 1. The Kier molecular flexibility index (Phi) is 5.81. The van der Waals surface area contributed by atoms with Crippen LogP contribution in [0, 0.1) is 0 Å². The zero-order valence-corrected chi connectivity index (χ0v) is 13.5. The summed E-state index contributed by atoms with van der Waals surface area (Å²) < 4.78 is 5.20. The van der Waals surface area contributed by atoms with Crippen molar-refractivity contribution in [2.45, 2.75) is 19.8 Å². The second-order valence-electron chi connectivity index (χ2n) is 4.91. The predicted molar refractivity (Wildman–Crippen MR) is 87.2 cm³/mol. The summed E-state index contributed by atoms with van der Waals surface area (Å²) in [5.74, 6) is -1.04. The van der Waals surface area contributed by atoms with Crippen LogP contribution < -0.4 is 4.74 Å². The Morgan fingerprint density at radius 3 is 2.78 bits per heavy atom. The molecular weight excluding hydrogens is 318 g/mol. The van der Waals surface area contributed by atoms with Gasteiger partial charge in [0.05, 0.1) is 4.91 Å². The highest BCUT2D eigenvalue weighted by Crippen LogP contribution is 2.34. The van der Waals surface area contributed by atoms with Crippen LogP contribution in [0.3, 0.4) is 0 Å². The molecule has 0 bridgehead atoms. The van der Waals surface area contributed by atoms with E-state index in [4.69, 9.17) is 9.84 Å². The highest BCUT2D eigenvalue weighted by Gasteiger charge is 2.34. The van der Waals surface area contributed by atoms with Crippen LogP contribution in [0.25, 0.3) is 6.08 Å². The third kappa shape index (κ3) is 4.35. The van der Waals surface area contributed by atoms with Crippen LogP contribution in [0.5, 0.6) is 5.75 Å². The summed E-state index contributed by atoms with van der Waals surface area (Å²) in [6, 6.07) is 6.79. The van der Waals surface area contributed by atoms with Gasteiger partial charge in [0, 0.05) is 12.1 Å². The van der Waals surface area contributed by atoms with Crippen molar-refractivity contribution in [3.05, 3.63) is 34.7 Å². The third-order valence-electron chi connectivity index (χ3n) is 3.17. The molecule has 2 amide bonds. The lowest BCUT2D eigenvalue weighted by Gasteiger charge is -2.11. The van der Waals surface area contributed by atoms with Crippen LogP contribution in [-0.4, -0.2) is 40.3 Å². The highest BCUT2D eigenvalue weighted by atomic mass is 32.2. The summed E-state index contributed by atoms with van der Waals surface area (Å²) in [6.07, 6.45) is 3.23. The van der Waals surface area contributed by atoms with Gasteiger partial charge in [0.15, 0.2) is 6.61 Å². The number of amides is 2. The van der Waals surface area contributed by atoms with E-state index >= 15 is 0 Å². The molecule has 0 unspecified atom stereocenters. The fourth-order valence-electron chi connectivity index (χ4n) is 2.02. The topological polar surface area (TPSA) is 83.9 Å². The van der Waals surface area contributed by atoms with Crippen molar-refractivity contribution >= 4 is 35.0 Å². The fourth-order valence-corrected chi connectivity index (χ4v) is 2.88. The summed E-state index contributed by atoms with van der Waals surface area (Å²) in [4.78, 5) is 36.4. The molecule has 0 radical (unpaired) electrons. The summed E-state index contributed by atoms with van der Waals surface area (Å²) in [5.41, 5.74) is 0.565. The standard InChI is InChI=1S/C16H17NO5S/c1-2-3-8-17-15(20)13(23-16(17)21)9-11-6-4-5-7-12(11)22-10-14(18)19/h4-7,9H,2-3,8,10H2,1H3,(H,18,19)/b13-9+. The maximum atomic E-state index is 12.3. The lowest BCUT2D eigenvalue weighted by molar-refractivity contribution is -0.139. The molecule has 2 rings (SSSR count). The van der Waals surface area contributed by atoms with Crippen LogP contribution >= 0.6 is 11.8 Å². The van der Waals surface area contributed by atoms with Gasteiger partial charge in [0.2, 0.25) is 0 Å². The van der Waals surface area contributed by atoms with Crippen molar-refractivity contribution in [3.8, 4) is 5.75 Å². The number of nitrogens with zero attached hydrogens (tertiary/aromatic N) is 1. The van der Waals surface area contributed by atoms with Crippen LogP contribution in [0.2, 0.25) is 0 Å². The molecule has 7 heteroatoms. The monoisotopic (exact) mass is 335 g/mol. The third-order valence-corrected chi connectivity index (χ3v) is 4.07. The predicted octanol–water partition coefficient (Wildman–Crippen LogP) is 2.99. The number of para-hydroxylation sites is 1. The van der Waals surface area contributed by atoms with E-state index in [2.05, 4.69) is 0 Å². The molecule has 1 aliphatic rings. The molecule has 0 saturated carbocycles. The molecule has 122 valence electrons. The number of benzene rings is 1. The van der Waals surface area contributed by atoms with Crippen molar-refractivity contribution in [1.29, 1.82) is 0 Å². The van der Waals surface area contributed by atoms with Crippen LogP contribution in [0.4, 0.5) is 4.79 Å². The van der Waals surface area contributed by atoms with Gasteiger partial charge in [-0.2, -0.15) is 0 Å². The van der Waals surface area contributed by atoms with Crippen molar-refractivity contribution in [2.75, 3.05) is 13.2 Å². The van der Waals surface area contributed by atoms with Gasteiger partial charge < -0.3 is 9.84 Å². The fraction of sp³-hybridized carbons (Fsp3) is 0.312. The minimum atomic E-state index is -1.08. The number of carboxylic acids is 1. The van der Waals surface area contributed by atoms with Gasteiger partial charge in [-0.05, 0) is 30.3 Å². The number of rotatable bonds is 7. The lowest BCUT2D eigenvalue weighted by atomic mass is 10.2. The Hall–Kier alpha value is -2.28. The van der Waals surface area contributed by atoms with Gasteiger partial charge in [-0.1, -0.05) is 31.5 Å². The zero-order valence-electron chi connectivity index (χ0n) is 12.7. The SMILES string of the molecule is CCCCN1C(=O)S/C(=C/c2ccccc2OCC(=O)O)C1=O. The van der Waals surface area contributed by atoms with Crippen molar-refractivity contribution in [2.24, 2.45) is 0 Å². The molecule has 0 spiro atoms. The molecule has 1 aliphatic heterocycles. The van der Waals surface area contributed by atoms with Gasteiger partial charge in [0.1, 0.15) is 5.75 Å². The van der Waals surface area contributed by atoms with Gasteiger partial charge >= 0.3 is 5.97 Å². The summed E-state index contributed by atoms with van der Waals surface area (Å²) in [7, 11) is 0. The van der Waals surface area contributed by atoms with Crippen LogP contribution in [0.15, 0.2) is 29.2 Å². The number of carbonyl (C=O) groups is 3. The molecule has 0 atom stereocenters. The van der Waals surface area contributed by atoms with E-state index in [1.807, 2.05) is 6.92 Å². The van der Waals surface area contributed by atoms with Crippen LogP contribution in [-0.2, 0) is 9.59 Å². The molecule has 1 N–H and O–H groups in total. The Labute approximate surface area is 138 Å². The smallest absolute Gasteiger partial charge is 0.341 e. The number of carboxylic acid groups (broad SMARTS) is 1. The van der Waals surface area contributed by atoms with E-state index < -0.39 is 12.6 Å². The maximum absolute atomic E-state index is 12.3. The molecule has 1 saturated heterocycles. The molecule has 1 aromatic rings. The Balaban J connectivity index is 2.20. The number of hydrogen-bond acceptors (Lipinski definition) is 5. The lowest BCUT2D eigenvalue weighted by Crippen LogP contribution is -2.29. The first-order valence-electron chi connectivity index (χ1n) is 7.22. The first kappa shape index (κ1) is 17.1. The second-order valence-corrected chi connectivity index (χ2v) is 5.90. The average Bonchev–Trinajstić information content (AvgIpc) is 2.78. The molecule has 1 fully saturated rings. The normalized spacial score (nSPS) is 16.2. The number of thioether (sulfide) groups is 1. The molecule has 1 heterocycles. The number of hydrogen-bond donors (Lipinski definition) is 1. The molecule has 0 aromatic heterocycles. The highest BCUT2D eigenvalue weighted by molar-refractivity contribution is 8.18. The average molecular weight is 335 g/mol. The minimum absolute atomic E-state index is 0.279. The Morgan fingerprint density at radius 2 is 2.09 bits per heavy atom. The summed E-state index contributed by atoms with van der Waals surface area (Å²) >= 11 is 0.887. The second kappa shape index (κ2) is 7.82. The summed E-state index contributed by atoms with van der Waals surface area (Å²) in [6.45, 7) is 1.93. The first-order chi connectivity index (χ1) is 11.0. The molecular formula is C16H17NO5S. The molecule has 23 heavy (non-hydrogen) atoms. The van der Waals surface area contributed by atoms with E-state index in [-0.39, 0.29) is 11.1 Å². The van der Waals surface area contributed by atoms with E-state index in [0.717, 1.165) is 24.6 Å². The molecule has 0 aliphatic carbocycles. The van der Waals surface area contributed by atoms with Gasteiger partial charge in [-0.25, -0.2) is 4.79 Å². The maximum Gasteiger partial charge on any atom is 0.341 e. The first-order valence-corrected chi connectivity index (χ1v) is 8.03. The minimum Gasteiger partial charge on any atom is -0.481 e. The van der Waals surface area contributed by atoms with Crippen molar-refractivity contribution in [3.63, 3.8) is 0 Å². The van der Waals surface area contributed by atoms with E-state index in [0.29, 0.717) is 22.8 Å². The molecule has 1 aromatic carbocycles. The van der Waals surface area contributed by atoms with Gasteiger partial charge in [0.25, 0.3) is 11.1 Å². The zero-order chi connectivity index (χ0) is 16.8. The van der Waals surface area contributed by atoms with Gasteiger partial charge in [-0.3, -0.25) is 14.5 Å². The molecule has 6 nitrogen and oxygen atoms in total. The number of imide groups is 1. The Morgan fingerprint density at radius 1 is 1.35 bits per heavy atom. The van der Waals surface area contributed by atoms with E-state index in [1.54, 1.807) is 30.3 Å². The van der Waals surface area contributed by atoms with E-state index in [1.165, 1.54) is 4.90 Å². The van der Waals surface area contributed by atoms with Crippen molar-refractivity contribution < 1.29 is 24.2 Å². The summed E-state index contributed by atoms with van der Waals surface area (Å²) in [5, 5.41) is 8.41.